The van der Waals surface area contributed by atoms with Crippen molar-refractivity contribution in [1.82, 2.24) is 0 Å². The average Bonchev–Trinajstić information content (AvgIpc) is 2.39. The van der Waals surface area contributed by atoms with Gasteiger partial charge in [-0.3, -0.25) is 0 Å². The summed E-state index contributed by atoms with van der Waals surface area (Å²) >= 11 is 6.09. The van der Waals surface area contributed by atoms with Gasteiger partial charge in [-0.05, 0) is 30.0 Å². The van der Waals surface area contributed by atoms with E-state index in [9.17, 15) is 5.11 Å². The third kappa shape index (κ3) is 3.89. The largest absolute Gasteiger partial charge is 0.495 e. The molecule has 1 aromatic carbocycles. The Balaban J connectivity index is 2.81. The van der Waals surface area contributed by atoms with Crippen molar-refractivity contribution in [2.24, 2.45) is 5.92 Å². The minimum absolute atomic E-state index is 0.300. The van der Waals surface area contributed by atoms with Crippen LogP contribution in [0.3, 0.4) is 0 Å². The predicted octanol–water partition coefficient (Wildman–Crippen LogP) is 4.60. The lowest BCUT2D eigenvalue weighted by molar-refractivity contribution is 0.0989. The third-order valence-electron chi connectivity index (χ3n) is 3.42. The predicted molar refractivity (Wildman–Crippen MR) is 76.3 cm³/mol. The molecular weight excluding hydrogens is 248 g/mol. The van der Waals surface area contributed by atoms with Crippen LogP contribution in [0, 0.1) is 5.92 Å². The number of unbranched alkanes of at least 4 members (excludes halogenated alkanes) is 1. The molecule has 0 saturated heterocycles. The summed E-state index contributed by atoms with van der Waals surface area (Å²) in [4.78, 5) is 0. The van der Waals surface area contributed by atoms with Crippen molar-refractivity contribution in [2.45, 2.75) is 45.6 Å². The summed E-state index contributed by atoms with van der Waals surface area (Å²) in [7, 11) is 1.59. The van der Waals surface area contributed by atoms with Gasteiger partial charge < -0.3 is 9.84 Å². The number of hydrogen-bond donors (Lipinski definition) is 1. The maximum absolute atomic E-state index is 10.4. The first-order chi connectivity index (χ1) is 8.63. The summed E-state index contributed by atoms with van der Waals surface area (Å²) in [6.07, 6.45) is 3.90. The Morgan fingerprint density at radius 3 is 2.56 bits per heavy atom. The highest BCUT2D eigenvalue weighted by Gasteiger charge is 2.19. The van der Waals surface area contributed by atoms with Crippen LogP contribution in [0.5, 0.6) is 5.75 Å². The molecule has 102 valence electrons. The number of rotatable bonds is 7. The SMILES string of the molecule is CCCCC(CC)C(O)c1ccc(OC)c(Cl)c1. The lowest BCUT2D eigenvalue weighted by atomic mass is 9.89. The minimum atomic E-state index is -0.440. The summed E-state index contributed by atoms with van der Waals surface area (Å²) in [5.74, 6) is 0.948. The van der Waals surface area contributed by atoms with Crippen LogP contribution >= 0.6 is 11.6 Å². The summed E-state index contributed by atoms with van der Waals surface area (Å²) in [6.45, 7) is 4.29. The molecule has 1 aromatic rings. The first-order valence-corrected chi connectivity index (χ1v) is 7.03. The molecule has 0 aliphatic heterocycles. The molecular formula is C15H23ClO2. The summed E-state index contributed by atoms with van der Waals surface area (Å²) in [6, 6.07) is 5.51. The van der Waals surface area contributed by atoms with E-state index in [0.29, 0.717) is 16.7 Å². The maximum atomic E-state index is 10.4. The fraction of sp³-hybridized carbons (Fsp3) is 0.600. The van der Waals surface area contributed by atoms with Gasteiger partial charge in [0.15, 0.2) is 0 Å². The molecule has 2 nitrogen and oxygen atoms in total. The molecule has 1 rings (SSSR count). The van der Waals surface area contributed by atoms with Crippen molar-refractivity contribution in [3.8, 4) is 5.75 Å². The van der Waals surface area contributed by atoms with Gasteiger partial charge in [-0.25, -0.2) is 0 Å². The average molecular weight is 271 g/mol. The number of ether oxygens (including phenoxy) is 1. The Morgan fingerprint density at radius 2 is 2.06 bits per heavy atom. The maximum Gasteiger partial charge on any atom is 0.137 e. The molecule has 1 N–H and O–H groups in total. The van der Waals surface area contributed by atoms with Crippen LogP contribution in [0.2, 0.25) is 5.02 Å². The van der Waals surface area contributed by atoms with E-state index in [2.05, 4.69) is 13.8 Å². The molecule has 0 bridgehead atoms. The van der Waals surface area contributed by atoms with E-state index < -0.39 is 6.10 Å². The Kier molecular flexibility index (Phi) is 6.51. The zero-order chi connectivity index (χ0) is 13.5. The highest BCUT2D eigenvalue weighted by Crippen LogP contribution is 2.33. The van der Waals surface area contributed by atoms with Gasteiger partial charge in [-0.15, -0.1) is 0 Å². The Bertz CT molecular complexity index is 366. The summed E-state index contributed by atoms with van der Waals surface area (Å²) in [5.41, 5.74) is 0.878. The van der Waals surface area contributed by atoms with Crippen molar-refractivity contribution < 1.29 is 9.84 Å². The first-order valence-electron chi connectivity index (χ1n) is 6.65. The molecule has 3 heteroatoms. The van der Waals surface area contributed by atoms with Crippen LogP contribution in [0.4, 0.5) is 0 Å². The number of benzene rings is 1. The lowest BCUT2D eigenvalue weighted by Gasteiger charge is -2.22. The second kappa shape index (κ2) is 7.65. The number of hydrogen-bond acceptors (Lipinski definition) is 2. The molecule has 0 heterocycles. The van der Waals surface area contributed by atoms with E-state index in [-0.39, 0.29) is 0 Å². The van der Waals surface area contributed by atoms with Gasteiger partial charge in [-0.1, -0.05) is 50.8 Å². The van der Waals surface area contributed by atoms with E-state index >= 15 is 0 Å². The molecule has 2 unspecified atom stereocenters. The Morgan fingerprint density at radius 1 is 1.33 bits per heavy atom. The van der Waals surface area contributed by atoms with E-state index in [4.69, 9.17) is 16.3 Å². The van der Waals surface area contributed by atoms with E-state index in [0.717, 1.165) is 31.2 Å². The van der Waals surface area contributed by atoms with Crippen molar-refractivity contribution in [3.05, 3.63) is 28.8 Å². The van der Waals surface area contributed by atoms with Gasteiger partial charge in [0.05, 0.1) is 18.2 Å². The first kappa shape index (κ1) is 15.3. The zero-order valence-electron chi connectivity index (χ0n) is 11.4. The molecule has 0 fully saturated rings. The van der Waals surface area contributed by atoms with Crippen LogP contribution in [0.15, 0.2) is 18.2 Å². The zero-order valence-corrected chi connectivity index (χ0v) is 12.2. The molecule has 0 aromatic heterocycles. The lowest BCUT2D eigenvalue weighted by Crippen LogP contribution is -2.12. The van der Waals surface area contributed by atoms with E-state index in [1.165, 1.54) is 0 Å². The molecule has 2 atom stereocenters. The topological polar surface area (TPSA) is 29.5 Å². The quantitative estimate of drug-likeness (QED) is 0.785. The van der Waals surface area contributed by atoms with Crippen LogP contribution in [-0.4, -0.2) is 12.2 Å². The molecule has 0 radical (unpaired) electrons. The molecule has 0 spiro atoms. The van der Waals surface area contributed by atoms with Crippen molar-refractivity contribution in [1.29, 1.82) is 0 Å². The van der Waals surface area contributed by atoms with Crippen LogP contribution in [0.25, 0.3) is 0 Å². The van der Waals surface area contributed by atoms with Crippen molar-refractivity contribution in [2.75, 3.05) is 7.11 Å². The number of aliphatic hydroxyl groups excluding tert-OH is 1. The summed E-state index contributed by atoms with van der Waals surface area (Å²) < 4.78 is 5.12. The van der Waals surface area contributed by atoms with Crippen LogP contribution < -0.4 is 4.74 Å². The van der Waals surface area contributed by atoms with Crippen LogP contribution in [0.1, 0.15) is 51.2 Å². The van der Waals surface area contributed by atoms with Crippen LogP contribution in [-0.2, 0) is 0 Å². The molecule has 0 saturated carbocycles. The fourth-order valence-electron chi connectivity index (χ4n) is 2.19. The monoisotopic (exact) mass is 270 g/mol. The minimum Gasteiger partial charge on any atom is -0.495 e. The van der Waals surface area contributed by atoms with E-state index in [1.54, 1.807) is 13.2 Å². The molecule has 0 amide bonds. The normalized spacial score (nSPS) is 14.3. The van der Waals surface area contributed by atoms with Crippen molar-refractivity contribution >= 4 is 11.6 Å². The summed E-state index contributed by atoms with van der Waals surface area (Å²) in [5, 5.41) is 11.0. The van der Waals surface area contributed by atoms with Gasteiger partial charge in [0, 0.05) is 0 Å². The third-order valence-corrected chi connectivity index (χ3v) is 3.71. The number of aliphatic hydroxyl groups is 1. The highest BCUT2D eigenvalue weighted by atomic mass is 35.5. The second-order valence-electron chi connectivity index (χ2n) is 4.65. The Hall–Kier alpha value is -0.730. The molecule has 18 heavy (non-hydrogen) atoms. The second-order valence-corrected chi connectivity index (χ2v) is 5.06. The standard InChI is InChI=1S/C15H23ClO2/c1-4-6-7-11(5-2)15(17)12-8-9-14(18-3)13(16)10-12/h8-11,15,17H,4-7H2,1-3H3. The molecule has 0 aliphatic rings. The number of halogens is 1. The van der Waals surface area contributed by atoms with Crippen molar-refractivity contribution in [3.63, 3.8) is 0 Å². The van der Waals surface area contributed by atoms with Gasteiger partial charge >= 0.3 is 0 Å². The highest BCUT2D eigenvalue weighted by molar-refractivity contribution is 6.32. The molecule has 0 aliphatic carbocycles. The van der Waals surface area contributed by atoms with Gasteiger partial charge in [0.2, 0.25) is 0 Å². The number of methoxy groups -OCH3 is 1. The fourth-order valence-corrected chi connectivity index (χ4v) is 2.46. The van der Waals surface area contributed by atoms with E-state index in [1.807, 2.05) is 12.1 Å². The van der Waals surface area contributed by atoms with Gasteiger partial charge in [0.25, 0.3) is 0 Å². The smallest absolute Gasteiger partial charge is 0.137 e. The van der Waals surface area contributed by atoms with Gasteiger partial charge in [0.1, 0.15) is 5.75 Å². The van der Waals surface area contributed by atoms with Gasteiger partial charge in [-0.2, -0.15) is 0 Å². The Labute approximate surface area is 115 Å².